The van der Waals surface area contributed by atoms with Crippen LogP contribution in [0.15, 0.2) is 27.5 Å². The lowest BCUT2D eigenvalue weighted by Crippen LogP contribution is -2.17. The van der Waals surface area contributed by atoms with Gasteiger partial charge < -0.3 is 9.72 Å². The van der Waals surface area contributed by atoms with Crippen LogP contribution < -0.4 is 10.2 Å². The number of hydrogen-bond donors (Lipinski definition) is 1. The highest BCUT2D eigenvalue weighted by molar-refractivity contribution is 9.10. The van der Waals surface area contributed by atoms with Crippen LogP contribution in [-0.4, -0.2) is 11.3 Å². The van der Waals surface area contributed by atoms with Gasteiger partial charge in [-0.25, -0.2) is 0 Å². The number of ether oxygens (including phenoxy) is 1. The van der Waals surface area contributed by atoms with Crippen molar-refractivity contribution in [3.05, 3.63) is 38.6 Å². The summed E-state index contributed by atoms with van der Waals surface area (Å²) in [5.41, 5.74) is 0.682. The second-order valence-electron chi connectivity index (χ2n) is 3.65. The van der Waals surface area contributed by atoms with Crippen molar-refractivity contribution in [1.29, 1.82) is 0 Å². The Morgan fingerprint density at radius 2 is 2.00 bits per heavy atom. The maximum Gasteiger partial charge on any atom is 0.573 e. The third-order valence-corrected chi connectivity index (χ3v) is 3.27. The monoisotopic (exact) mass is 321 g/mol. The van der Waals surface area contributed by atoms with Crippen LogP contribution in [0, 0.1) is 6.92 Å². The minimum atomic E-state index is -4.78. The lowest BCUT2D eigenvalue weighted by atomic mass is 10.2. The SMILES string of the molecule is Cc1[nH]c2ccc(OC(F)(F)F)cc2c(=O)c1Br. The molecule has 2 rings (SSSR count). The molecule has 0 atom stereocenters. The van der Waals surface area contributed by atoms with Crippen LogP contribution in [0.3, 0.4) is 0 Å². The molecule has 0 saturated carbocycles. The van der Waals surface area contributed by atoms with Gasteiger partial charge in [0, 0.05) is 11.2 Å². The third kappa shape index (κ3) is 2.50. The van der Waals surface area contributed by atoms with Crippen LogP contribution >= 0.6 is 15.9 Å². The van der Waals surface area contributed by atoms with E-state index in [2.05, 4.69) is 25.7 Å². The summed E-state index contributed by atoms with van der Waals surface area (Å²) >= 11 is 3.08. The molecule has 1 aromatic carbocycles. The molecule has 18 heavy (non-hydrogen) atoms. The number of H-pyrrole nitrogens is 1. The first-order chi connectivity index (χ1) is 8.28. The molecule has 0 spiro atoms. The second kappa shape index (κ2) is 4.31. The molecule has 7 heteroatoms. The first-order valence-electron chi connectivity index (χ1n) is 4.86. The van der Waals surface area contributed by atoms with Gasteiger partial charge in [0.1, 0.15) is 5.75 Å². The maximum atomic E-state index is 12.1. The maximum absolute atomic E-state index is 12.1. The Labute approximate surface area is 108 Å². The van der Waals surface area contributed by atoms with Gasteiger partial charge in [0.15, 0.2) is 0 Å². The Morgan fingerprint density at radius 3 is 2.61 bits per heavy atom. The van der Waals surface area contributed by atoms with Crippen LogP contribution in [0.1, 0.15) is 5.69 Å². The topological polar surface area (TPSA) is 42.1 Å². The fraction of sp³-hybridized carbons (Fsp3) is 0.182. The van der Waals surface area contributed by atoms with Crippen LogP contribution in [0.5, 0.6) is 5.75 Å². The van der Waals surface area contributed by atoms with E-state index in [0.717, 1.165) is 12.1 Å². The molecule has 0 aliphatic heterocycles. The van der Waals surface area contributed by atoms with Gasteiger partial charge in [0.25, 0.3) is 0 Å². The van der Waals surface area contributed by atoms with Crippen molar-refractivity contribution in [3.8, 4) is 5.75 Å². The summed E-state index contributed by atoms with van der Waals surface area (Å²) in [5, 5.41) is 0.134. The Morgan fingerprint density at radius 1 is 1.33 bits per heavy atom. The molecular weight excluding hydrogens is 315 g/mol. The highest BCUT2D eigenvalue weighted by atomic mass is 79.9. The lowest BCUT2D eigenvalue weighted by molar-refractivity contribution is -0.274. The number of halogens is 4. The van der Waals surface area contributed by atoms with Gasteiger partial charge in [-0.05, 0) is 41.1 Å². The zero-order chi connectivity index (χ0) is 13.5. The number of benzene rings is 1. The van der Waals surface area contributed by atoms with Crippen molar-refractivity contribution in [2.24, 2.45) is 0 Å². The predicted molar refractivity (Wildman–Crippen MR) is 63.7 cm³/mol. The summed E-state index contributed by atoms with van der Waals surface area (Å²) in [5.74, 6) is -0.420. The van der Waals surface area contributed by atoms with Crippen molar-refractivity contribution in [3.63, 3.8) is 0 Å². The number of hydrogen-bond acceptors (Lipinski definition) is 2. The fourth-order valence-corrected chi connectivity index (χ4v) is 1.88. The van der Waals surface area contributed by atoms with Crippen molar-refractivity contribution >= 4 is 26.8 Å². The summed E-state index contributed by atoms with van der Waals surface area (Å²) in [6.07, 6.45) is -4.78. The molecule has 1 heterocycles. The highest BCUT2D eigenvalue weighted by Gasteiger charge is 2.31. The largest absolute Gasteiger partial charge is 0.573 e. The Hall–Kier alpha value is -1.50. The standard InChI is InChI=1S/C11H7BrF3NO2/c1-5-9(12)10(17)7-4-6(18-11(13,14)15)2-3-8(7)16-5/h2-4H,1H3,(H,16,17). The molecule has 96 valence electrons. The van der Waals surface area contributed by atoms with Gasteiger partial charge in [-0.15, -0.1) is 13.2 Å². The van der Waals surface area contributed by atoms with E-state index in [0.29, 0.717) is 15.7 Å². The van der Waals surface area contributed by atoms with E-state index in [1.54, 1.807) is 6.92 Å². The predicted octanol–water partition coefficient (Wildman–Crippen LogP) is 3.50. The van der Waals surface area contributed by atoms with E-state index in [9.17, 15) is 18.0 Å². The highest BCUT2D eigenvalue weighted by Crippen LogP contribution is 2.25. The van der Waals surface area contributed by atoms with Gasteiger partial charge in [-0.3, -0.25) is 4.79 Å². The molecule has 0 unspecified atom stereocenters. The van der Waals surface area contributed by atoms with Crippen molar-refractivity contribution < 1.29 is 17.9 Å². The van der Waals surface area contributed by atoms with Gasteiger partial charge in [-0.2, -0.15) is 0 Å². The molecule has 0 radical (unpaired) electrons. The van der Waals surface area contributed by atoms with Gasteiger partial charge >= 0.3 is 6.36 Å². The van der Waals surface area contributed by atoms with E-state index in [1.807, 2.05) is 0 Å². The smallest absolute Gasteiger partial charge is 0.406 e. The molecule has 0 bridgehead atoms. The fourth-order valence-electron chi connectivity index (χ4n) is 1.56. The molecule has 1 N–H and O–H groups in total. The van der Waals surface area contributed by atoms with E-state index < -0.39 is 12.1 Å². The Balaban J connectivity index is 2.62. The second-order valence-corrected chi connectivity index (χ2v) is 4.44. The zero-order valence-electron chi connectivity index (χ0n) is 9.06. The van der Waals surface area contributed by atoms with Gasteiger partial charge in [-0.1, -0.05) is 0 Å². The molecule has 0 saturated heterocycles. The minimum Gasteiger partial charge on any atom is -0.406 e. The van der Waals surface area contributed by atoms with E-state index in [-0.39, 0.29) is 10.8 Å². The van der Waals surface area contributed by atoms with Gasteiger partial charge in [0.05, 0.1) is 9.86 Å². The van der Waals surface area contributed by atoms with Gasteiger partial charge in [0.2, 0.25) is 5.43 Å². The summed E-state index contributed by atoms with van der Waals surface area (Å²) in [6, 6.07) is 3.59. The van der Waals surface area contributed by atoms with Crippen LogP contribution in [0.25, 0.3) is 10.9 Å². The minimum absolute atomic E-state index is 0.134. The van der Waals surface area contributed by atoms with Crippen LogP contribution in [-0.2, 0) is 0 Å². The summed E-state index contributed by atoms with van der Waals surface area (Å²) in [7, 11) is 0. The number of alkyl halides is 3. The third-order valence-electron chi connectivity index (χ3n) is 2.32. The first-order valence-corrected chi connectivity index (χ1v) is 5.65. The van der Waals surface area contributed by atoms with Crippen LogP contribution in [0.4, 0.5) is 13.2 Å². The molecule has 0 fully saturated rings. The van der Waals surface area contributed by atoms with Crippen LogP contribution in [0.2, 0.25) is 0 Å². The van der Waals surface area contributed by atoms with Crippen molar-refractivity contribution in [2.45, 2.75) is 13.3 Å². The first kappa shape index (κ1) is 12.9. The zero-order valence-corrected chi connectivity index (χ0v) is 10.6. The summed E-state index contributed by atoms with van der Waals surface area (Å²) in [6.45, 7) is 1.69. The molecule has 0 aliphatic carbocycles. The summed E-state index contributed by atoms with van der Waals surface area (Å²) in [4.78, 5) is 14.8. The number of fused-ring (bicyclic) bond motifs is 1. The lowest BCUT2D eigenvalue weighted by Gasteiger charge is -2.10. The Bertz CT molecular complexity index is 664. The number of nitrogens with one attached hydrogen (secondary N) is 1. The van der Waals surface area contributed by atoms with E-state index in [4.69, 9.17) is 0 Å². The summed E-state index contributed by atoms with van der Waals surface area (Å²) < 4.78 is 40.3. The quantitative estimate of drug-likeness (QED) is 0.873. The number of aryl methyl sites for hydroxylation is 1. The molecule has 2 aromatic rings. The van der Waals surface area contributed by atoms with Crippen molar-refractivity contribution in [2.75, 3.05) is 0 Å². The van der Waals surface area contributed by atoms with E-state index >= 15 is 0 Å². The average molecular weight is 322 g/mol. The average Bonchev–Trinajstić information content (AvgIpc) is 2.25. The number of rotatable bonds is 1. The molecular formula is C11H7BrF3NO2. The molecule has 3 nitrogen and oxygen atoms in total. The number of pyridine rings is 1. The molecule has 0 amide bonds. The van der Waals surface area contributed by atoms with Crippen molar-refractivity contribution in [1.82, 2.24) is 4.98 Å². The number of aromatic amines is 1. The Kier molecular flexibility index (Phi) is 3.10. The number of aromatic nitrogens is 1. The van der Waals surface area contributed by atoms with E-state index in [1.165, 1.54) is 6.07 Å². The molecule has 1 aromatic heterocycles. The normalized spacial score (nSPS) is 11.8. The molecule has 0 aliphatic rings.